The number of halogens is 1. The van der Waals surface area contributed by atoms with Crippen LogP contribution < -0.4 is 10.1 Å². The number of anilines is 1. The average Bonchev–Trinajstić information content (AvgIpc) is 2.62. The van der Waals surface area contributed by atoms with Crippen LogP contribution in [0.4, 0.5) is 11.5 Å². The summed E-state index contributed by atoms with van der Waals surface area (Å²) in [5, 5.41) is 13.7. The molecule has 0 saturated heterocycles. The van der Waals surface area contributed by atoms with Crippen molar-refractivity contribution in [2.45, 2.75) is 13.0 Å². The number of aromatic nitrogens is 1. The molecule has 9 nitrogen and oxygen atoms in total. The molecule has 0 aliphatic carbocycles. The van der Waals surface area contributed by atoms with Crippen molar-refractivity contribution in [3.8, 4) is 5.75 Å². The van der Waals surface area contributed by atoms with Crippen LogP contribution in [0.5, 0.6) is 5.75 Å². The van der Waals surface area contributed by atoms with Crippen LogP contribution in [-0.4, -0.2) is 34.5 Å². The van der Waals surface area contributed by atoms with E-state index in [2.05, 4.69) is 10.3 Å². The molecule has 0 aliphatic rings. The molecule has 1 N–H and O–H groups in total. The van der Waals surface area contributed by atoms with E-state index in [9.17, 15) is 19.7 Å². The number of carbonyl (C=O) groups excluding carboxylic acids is 2. The first kappa shape index (κ1) is 19.1. The Morgan fingerprint density at radius 1 is 1.31 bits per heavy atom. The second-order valence-electron chi connectivity index (χ2n) is 5.00. The number of nitrogens with one attached hydrogen (secondary N) is 1. The molecule has 0 aliphatic heterocycles. The van der Waals surface area contributed by atoms with Crippen molar-refractivity contribution in [2.24, 2.45) is 0 Å². The van der Waals surface area contributed by atoms with Gasteiger partial charge in [0.1, 0.15) is 5.82 Å². The summed E-state index contributed by atoms with van der Waals surface area (Å²) in [4.78, 5) is 37.9. The number of carbonyl (C=O) groups is 2. The summed E-state index contributed by atoms with van der Waals surface area (Å²) >= 11 is 5.69. The van der Waals surface area contributed by atoms with Gasteiger partial charge in [0.25, 0.3) is 5.91 Å². The lowest BCUT2D eigenvalue weighted by Crippen LogP contribution is -2.32. The number of nitro groups is 1. The van der Waals surface area contributed by atoms with E-state index in [0.29, 0.717) is 5.02 Å². The monoisotopic (exact) mass is 379 g/mol. The maximum absolute atomic E-state index is 12.0. The highest BCUT2D eigenvalue weighted by atomic mass is 35.5. The molecule has 0 fully saturated rings. The van der Waals surface area contributed by atoms with Gasteiger partial charge in [-0.25, -0.2) is 9.78 Å². The number of amides is 1. The Bertz CT molecular complexity index is 812. The number of ether oxygens (including phenoxy) is 2. The molecule has 1 aromatic carbocycles. The van der Waals surface area contributed by atoms with Crippen molar-refractivity contribution < 1.29 is 24.0 Å². The maximum atomic E-state index is 12.0. The fourth-order valence-corrected chi connectivity index (χ4v) is 1.94. The van der Waals surface area contributed by atoms with Gasteiger partial charge in [0, 0.05) is 12.3 Å². The minimum Gasteiger partial charge on any atom is -0.475 e. The summed E-state index contributed by atoms with van der Waals surface area (Å²) < 4.78 is 10.0. The third kappa shape index (κ3) is 5.42. The van der Waals surface area contributed by atoms with E-state index in [1.165, 1.54) is 43.5 Å². The minimum atomic E-state index is -1.12. The SMILES string of the molecule is C[C@H](OC(=O)COc1ccccc1[N+](=O)[O-])C(=O)Nc1ccc(Cl)cn1. The Hall–Kier alpha value is -3.20. The van der Waals surface area contributed by atoms with Gasteiger partial charge < -0.3 is 14.8 Å². The van der Waals surface area contributed by atoms with E-state index in [1.807, 2.05) is 0 Å². The van der Waals surface area contributed by atoms with Gasteiger partial charge in [0.15, 0.2) is 18.5 Å². The molecule has 10 heteroatoms. The van der Waals surface area contributed by atoms with Crippen LogP contribution in [0.1, 0.15) is 6.92 Å². The number of nitro benzene ring substituents is 1. The van der Waals surface area contributed by atoms with E-state index >= 15 is 0 Å². The van der Waals surface area contributed by atoms with Gasteiger partial charge in [-0.15, -0.1) is 0 Å². The van der Waals surface area contributed by atoms with E-state index in [-0.39, 0.29) is 17.3 Å². The molecule has 2 aromatic rings. The third-order valence-electron chi connectivity index (χ3n) is 3.06. The smallest absolute Gasteiger partial charge is 0.344 e. The first-order valence-corrected chi connectivity index (χ1v) is 7.72. The fraction of sp³-hybridized carbons (Fsp3) is 0.188. The van der Waals surface area contributed by atoms with Crippen molar-refractivity contribution in [2.75, 3.05) is 11.9 Å². The second-order valence-corrected chi connectivity index (χ2v) is 5.43. The molecular formula is C16H14ClN3O6. The molecule has 1 atom stereocenters. The third-order valence-corrected chi connectivity index (χ3v) is 3.29. The Labute approximate surface area is 153 Å². The van der Waals surface area contributed by atoms with Crippen molar-refractivity contribution in [1.82, 2.24) is 4.98 Å². The predicted octanol–water partition coefficient (Wildman–Crippen LogP) is 2.59. The first-order chi connectivity index (χ1) is 12.4. The van der Waals surface area contributed by atoms with Crippen LogP contribution in [-0.2, 0) is 14.3 Å². The van der Waals surface area contributed by atoms with Crippen LogP contribution in [0.3, 0.4) is 0 Å². The van der Waals surface area contributed by atoms with E-state index < -0.39 is 29.5 Å². The summed E-state index contributed by atoms with van der Waals surface area (Å²) in [5.74, 6) is -1.27. The van der Waals surface area contributed by atoms with Gasteiger partial charge >= 0.3 is 11.7 Å². The van der Waals surface area contributed by atoms with Crippen molar-refractivity contribution in [3.63, 3.8) is 0 Å². The molecule has 1 heterocycles. The number of rotatable bonds is 7. The fourth-order valence-electron chi connectivity index (χ4n) is 1.83. The Morgan fingerprint density at radius 2 is 2.04 bits per heavy atom. The standard InChI is InChI=1S/C16H14ClN3O6/c1-10(16(22)19-14-7-6-11(17)8-18-14)26-15(21)9-25-13-5-3-2-4-12(13)20(23)24/h2-8,10H,9H2,1H3,(H,18,19,22)/t10-/m0/s1. The summed E-state index contributed by atoms with van der Waals surface area (Å²) in [6.45, 7) is 0.787. The number of benzene rings is 1. The van der Waals surface area contributed by atoms with Crippen LogP contribution in [0.2, 0.25) is 5.02 Å². The molecule has 0 unspecified atom stereocenters. The molecule has 0 spiro atoms. The Kier molecular flexibility index (Phi) is 6.45. The van der Waals surface area contributed by atoms with Crippen LogP contribution in [0.15, 0.2) is 42.6 Å². The van der Waals surface area contributed by atoms with E-state index in [4.69, 9.17) is 21.1 Å². The zero-order valence-corrected chi connectivity index (χ0v) is 14.3. The Balaban J connectivity index is 1.86. The lowest BCUT2D eigenvalue weighted by molar-refractivity contribution is -0.385. The lowest BCUT2D eigenvalue weighted by Gasteiger charge is -2.13. The number of pyridine rings is 1. The normalized spacial score (nSPS) is 11.3. The minimum absolute atomic E-state index is 0.0723. The summed E-state index contributed by atoms with van der Waals surface area (Å²) in [6.07, 6.45) is 0.239. The van der Waals surface area contributed by atoms with Crippen LogP contribution in [0.25, 0.3) is 0 Å². The molecular weight excluding hydrogens is 366 g/mol. The number of nitrogens with zero attached hydrogens (tertiary/aromatic N) is 2. The molecule has 2 rings (SSSR count). The molecule has 0 saturated carbocycles. The molecule has 26 heavy (non-hydrogen) atoms. The van der Waals surface area contributed by atoms with E-state index in [1.54, 1.807) is 6.07 Å². The Morgan fingerprint density at radius 3 is 2.69 bits per heavy atom. The summed E-state index contributed by atoms with van der Waals surface area (Å²) in [6, 6.07) is 8.64. The second kappa shape index (κ2) is 8.77. The summed E-state index contributed by atoms with van der Waals surface area (Å²) in [5.41, 5.74) is -0.278. The van der Waals surface area contributed by atoms with Crippen molar-refractivity contribution >= 4 is 35.0 Å². The highest BCUT2D eigenvalue weighted by Gasteiger charge is 2.20. The zero-order valence-electron chi connectivity index (χ0n) is 13.5. The van der Waals surface area contributed by atoms with Gasteiger partial charge in [0.05, 0.1) is 9.95 Å². The molecule has 0 radical (unpaired) electrons. The van der Waals surface area contributed by atoms with Gasteiger partial charge in [-0.1, -0.05) is 23.7 Å². The van der Waals surface area contributed by atoms with Crippen LogP contribution in [0, 0.1) is 10.1 Å². The maximum Gasteiger partial charge on any atom is 0.344 e. The van der Waals surface area contributed by atoms with Gasteiger partial charge in [-0.05, 0) is 25.1 Å². The molecule has 1 amide bonds. The van der Waals surface area contributed by atoms with Crippen molar-refractivity contribution in [3.05, 3.63) is 57.7 Å². The van der Waals surface area contributed by atoms with Crippen LogP contribution >= 0.6 is 11.6 Å². The lowest BCUT2D eigenvalue weighted by atomic mass is 10.3. The van der Waals surface area contributed by atoms with Gasteiger partial charge in [-0.3, -0.25) is 14.9 Å². The zero-order chi connectivity index (χ0) is 19.1. The number of esters is 1. The number of para-hydroxylation sites is 2. The summed E-state index contributed by atoms with van der Waals surface area (Å²) in [7, 11) is 0. The van der Waals surface area contributed by atoms with E-state index in [0.717, 1.165) is 0 Å². The van der Waals surface area contributed by atoms with Gasteiger partial charge in [0.2, 0.25) is 0 Å². The topological polar surface area (TPSA) is 121 Å². The highest BCUT2D eigenvalue weighted by Crippen LogP contribution is 2.25. The molecule has 0 bridgehead atoms. The molecule has 1 aromatic heterocycles. The highest BCUT2D eigenvalue weighted by molar-refractivity contribution is 6.30. The number of hydrogen-bond acceptors (Lipinski definition) is 7. The van der Waals surface area contributed by atoms with Crippen molar-refractivity contribution in [1.29, 1.82) is 0 Å². The largest absolute Gasteiger partial charge is 0.475 e. The number of hydrogen-bond donors (Lipinski definition) is 1. The molecule has 136 valence electrons. The average molecular weight is 380 g/mol. The first-order valence-electron chi connectivity index (χ1n) is 7.35. The van der Waals surface area contributed by atoms with Gasteiger partial charge in [-0.2, -0.15) is 0 Å². The quantitative estimate of drug-likeness (QED) is 0.445. The predicted molar refractivity (Wildman–Crippen MR) is 92.0 cm³/mol.